The van der Waals surface area contributed by atoms with Crippen molar-refractivity contribution in [3.63, 3.8) is 0 Å². The fourth-order valence-electron chi connectivity index (χ4n) is 3.93. The van der Waals surface area contributed by atoms with Crippen LogP contribution >= 0.6 is 23.4 Å². The molecule has 0 radical (unpaired) electrons. The summed E-state index contributed by atoms with van der Waals surface area (Å²) in [5.41, 5.74) is 0.995. The van der Waals surface area contributed by atoms with E-state index >= 15 is 0 Å². The van der Waals surface area contributed by atoms with Crippen molar-refractivity contribution in [1.29, 1.82) is 0 Å². The zero-order valence-electron chi connectivity index (χ0n) is 23.6. The second-order valence-corrected chi connectivity index (χ2v) is 11.1. The van der Waals surface area contributed by atoms with E-state index in [0.29, 0.717) is 27.7 Å². The van der Waals surface area contributed by atoms with Gasteiger partial charge in [0.2, 0.25) is 5.91 Å². The summed E-state index contributed by atoms with van der Waals surface area (Å²) in [4.78, 5) is 50.7. The quantitative estimate of drug-likeness (QED) is 0.0718. The van der Waals surface area contributed by atoms with E-state index in [9.17, 15) is 24.5 Å². The molecule has 0 spiro atoms. The van der Waals surface area contributed by atoms with Crippen molar-refractivity contribution >= 4 is 64.2 Å². The predicted octanol–water partition coefficient (Wildman–Crippen LogP) is 6.79. The highest BCUT2D eigenvalue weighted by Crippen LogP contribution is 2.29. The molecule has 0 bridgehead atoms. The maximum atomic E-state index is 13.3. The monoisotopic (exact) mass is 630 g/mol. The van der Waals surface area contributed by atoms with Gasteiger partial charge in [-0.05, 0) is 73.7 Å². The zero-order valence-corrected chi connectivity index (χ0v) is 25.1. The van der Waals surface area contributed by atoms with Gasteiger partial charge in [-0.15, -0.1) is 11.8 Å². The summed E-state index contributed by atoms with van der Waals surface area (Å²) in [5.74, 6) is -0.963. The van der Waals surface area contributed by atoms with Crippen molar-refractivity contribution in [2.24, 2.45) is 0 Å². The summed E-state index contributed by atoms with van der Waals surface area (Å²) >= 11 is 7.46. The first-order valence-corrected chi connectivity index (χ1v) is 14.4. The minimum absolute atomic E-state index is 0.145. The third-order valence-corrected chi connectivity index (χ3v) is 7.58. The van der Waals surface area contributed by atoms with Crippen LogP contribution in [0.2, 0.25) is 5.02 Å². The number of halogens is 1. The minimum Gasteiger partial charge on any atom is -0.495 e. The number of nitro groups is 1. The minimum atomic E-state index is -0.682. The molecule has 0 aliphatic heterocycles. The van der Waals surface area contributed by atoms with E-state index in [1.165, 1.54) is 43.1 Å². The Kier molecular flexibility index (Phi) is 10.7. The van der Waals surface area contributed by atoms with Gasteiger partial charge in [-0.2, -0.15) is 0 Å². The fraction of sp³-hybridized carbons (Fsp3) is 0.0938. The molecule has 3 amide bonds. The van der Waals surface area contributed by atoms with Gasteiger partial charge in [0, 0.05) is 27.9 Å². The lowest BCUT2D eigenvalue weighted by atomic mass is 10.1. The first-order chi connectivity index (χ1) is 21.1. The van der Waals surface area contributed by atoms with Crippen LogP contribution in [0.3, 0.4) is 0 Å². The number of carbonyl (C=O) groups is 3. The molecule has 3 N–H and O–H groups in total. The molecule has 0 fully saturated rings. The lowest BCUT2D eigenvalue weighted by Crippen LogP contribution is -2.30. The zero-order chi connectivity index (χ0) is 31.6. The van der Waals surface area contributed by atoms with Gasteiger partial charge in [-0.1, -0.05) is 41.9 Å². The summed E-state index contributed by atoms with van der Waals surface area (Å²) in [6, 6.07) is 25.9. The molecule has 10 nitrogen and oxygen atoms in total. The SMILES string of the molecule is COc1ccc(NC(=O)C(C)Sc2ccc(NC(=O)/C(=C/c3ccccc3[N+](=O)[O-])NC(=O)c3ccccc3)cc2)cc1Cl. The first-order valence-electron chi connectivity index (χ1n) is 13.2. The van der Waals surface area contributed by atoms with Crippen LogP contribution in [0, 0.1) is 10.1 Å². The molecule has 44 heavy (non-hydrogen) atoms. The Hall–Kier alpha value is -5.13. The number of ether oxygens (including phenoxy) is 1. The van der Waals surface area contributed by atoms with Crippen LogP contribution in [0.5, 0.6) is 5.75 Å². The molecular formula is C32H27ClN4O6S. The molecule has 0 aromatic heterocycles. The molecule has 4 rings (SSSR count). The third-order valence-electron chi connectivity index (χ3n) is 6.18. The number of methoxy groups -OCH3 is 1. The smallest absolute Gasteiger partial charge is 0.276 e. The Morgan fingerprint density at radius 1 is 0.909 bits per heavy atom. The average molecular weight is 631 g/mol. The number of hydrogen-bond acceptors (Lipinski definition) is 7. The van der Waals surface area contributed by atoms with E-state index in [4.69, 9.17) is 16.3 Å². The molecule has 12 heteroatoms. The highest BCUT2D eigenvalue weighted by Gasteiger charge is 2.19. The first kappa shape index (κ1) is 31.8. The van der Waals surface area contributed by atoms with E-state index in [2.05, 4.69) is 16.0 Å². The molecule has 0 saturated heterocycles. The van der Waals surface area contributed by atoms with Gasteiger partial charge in [-0.3, -0.25) is 24.5 Å². The van der Waals surface area contributed by atoms with Gasteiger partial charge in [0.15, 0.2) is 0 Å². The van der Waals surface area contributed by atoms with Crippen molar-refractivity contribution in [2.45, 2.75) is 17.1 Å². The van der Waals surface area contributed by atoms with Gasteiger partial charge in [0.1, 0.15) is 11.4 Å². The van der Waals surface area contributed by atoms with Gasteiger partial charge in [-0.25, -0.2) is 0 Å². The maximum absolute atomic E-state index is 13.3. The summed E-state index contributed by atoms with van der Waals surface area (Å²) in [6.45, 7) is 1.76. The lowest BCUT2D eigenvalue weighted by Gasteiger charge is -2.14. The highest BCUT2D eigenvalue weighted by atomic mass is 35.5. The Labute approximate surface area is 262 Å². The molecule has 0 heterocycles. The summed E-state index contributed by atoms with van der Waals surface area (Å²) < 4.78 is 5.13. The second-order valence-electron chi connectivity index (χ2n) is 9.27. The van der Waals surface area contributed by atoms with Crippen LogP contribution in [0.25, 0.3) is 6.08 Å². The van der Waals surface area contributed by atoms with Gasteiger partial charge in [0.25, 0.3) is 17.5 Å². The van der Waals surface area contributed by atoms with Crippen molar-refractivity contribution < 1.29 is 24.0 Å². The molecule has 4 aromatic rings. The van der Waals surface area contributed by atoms with E-state index in [0.717, 1.165) is 4.90 Å². The summed E-state index contributed by atoms with van der Waals surface area (Å²) in [7, 11) is 1.51. The van der Waals surface area contributed by atoms with Crippen LogP contribution in [0.15, 0.2) is 108 Å². The van der Waals surface area contributed by atoms with Gasteiger partial charge >= 0.3 is 0 Å². The number of nitro benzene ring substituents is 1. The van der Waals surface area contributed by atoms with E-state index in [-0.39, 0.29) is 22.9 Å². The van der Waals surface area contributed by atoms with Crippen molar-refractivity contribution in [1.82, 2.24) is 5.32 Å². The Balaban J connectivity index is 1.46. The Morgan fingerprint density at radius 3 is 2.23 bits per heavy atom. The largest absolute Gasteiger partial charge is 0.495 e. The number of anilines is 2. The number of rotatable bonds is 11. The number of nitrogens with one attached hydrogen (secondary N) is 3. The topological polar surface area (TPSA) is 140 Å². The molecule has 0 aliphatic rings. The molecular weight excluding hydrogens is 604 g/mol. The number of benzene rings is 4. The molecule has 1 atom stereocenters. The number of nitrogens with zero attached hydrogens (tertiary/aromatic N) is 1. The van der Waals surface area contributed by atoms with E-state index in [1.807, 2.05) is 0 Å². The van der Waals surface area contributed by atoms with Crippen molar-refractivity contribution in [3.05, 3.63) is 129 Å². The van der Waals surface area contributed by atoms with Crippen molar-refractivity contribution in [3.8, 4) is 5.75 Å². The lowest BCUT2D eigenvalue weighted by molar-refractivity contribution is -0.385. The van der Waals surface area contributed by atoms with Gasteiger partial charge < -0.3 is 20.7 Å². The van der Waals surface area contributed by atoms with Crippen LogP contribution in [0.4, 0.5) is 17.1 Å². The summed E-state index contributed by atoms with van der Waals surface area (Å²) in [5, 5.41) is 19.6. The summed E-state index contributed by atoms with van der Waals surface area (Å²) in [6.07, 6.45) is 1.26. The van der Waals surface area contributed by atoms with E-state index in [1.54, 1.807) is 85.8 Å². The van der Waals surface area contributed by atoms with Crippen LogP contribution < -0.4 is 20.7 Å². The number of hydrogen-bond donors (Lipinski definition) is 3. The molecule has 224 valence electrons. The molecule has 0 aliphatic carbocycles. The number of para-hydroxylation sites is 1. The molecule has 1 unspecified atom stereocenters. The predicted molar refractivity (Wildman–Crippen MR) is 172 cm³/mol. The van der Waals surface area contributed by atoms with Gasteiger partial charge in [0.05, 0.1) is 27.9 Å². The number of thioether (sulfide) groups is 1. The van der Waals surface area contributed by atoms with Crippen molar-refractivity contribution in [2.75, 3.05) is 17.7 Å². The second kappa shape index (κ2) is 14.9. The van der Waals surface area contributed by atoms with Crippen LogP contribution in [0.1, 0.15) is 22.8 Å². The standard InChI is InChI=1S/C32H27ClN4O6S/c1-20(30(38)35-24-14-17-29(43-2)26(33)19-24)44-25-15-12-23(13-16-25)34-32(40)27(36-31(39)21-8-4-3-5-9-21)18-22-10-6-7-11-28(22)37(41)42/h3-20H,1-2H3,(H,34,40)(H,35,38)(H,36,39)/b27-18-. The third kappa shape index (κ3) is 8.46. The molecule has 0 saturated carbocycles. The van der Waals surface area contributed by atoms with Crippen LogP contribution in [-0.4, -0.2) is 35.0 Å². The number of carbonyl (C=O) groups excluding carboxylic acids is 3. The van der Waals surface area contributed by atoms with Crippen LogP contribution in [-0.2, 0) is 9.59 Å². The molecule has 4 aromatic carbocycles. The highest BCUT2D eigenvalue weighted by molar-refractivity contribution is 8.00. The maximum Gasteiger partial charge on any atom is 0.276 e. The normalized spacial score (nSPS) is 11.7. The number of amides is 3. The average Bonchev–Trinajstić information content (AvgIpc) is 3.02. The Bertz CT molecular complexity index is 1710. The Morgan fingerprint density at radius 2 is 1.57 bits per heavy atom. The fourth-order valence-corrected chi connectivity index (χ4v) is 5.06. The van der Waals surface area contributed by atoms with E-state index < -0.39 is 22.0 Å².